The fourth-order valence-electron chi connectivity index (χ4n) is 3.29. The van der Waals surface area contributed by atoms with E-state index in [9.17, 15) is 9.59 Å². The first-order valence-corrected chi connectivity index (χ1v) is 8.51. The summed E-state index contributed by atoms with van der Waals surface area (Å²) in [6.45, 7) is 2.05. The number of aromatic nitrogens is 1. The average molecular weight is 337 g/mol. The molecule has 0 unspecified atom stereocenters. The molecule has 2 aliphatic heterocycles. The Morgan fingerprint density at radius 2 is 1.96 bits per heavy atom. The first kappa shape index (κ1) is 15.6. The summed E-state index contributed by atoms with van der Waals surface area (Å²) >= 11 is 0. The van der Waals surface area contributed by atoms with Crippen LogP contribution < -0.4 is 10.2 Å². The maximum absolute atomic E-state index is 12.4. The first-order chi connectivity index (χ1) is 12.2. The van der Waals surface area contributed by atoms with Gasteiger partial charge in [-0.25, -0.2) is 9.78 Å². The number of benzene rings is 1. The summed E-state index contributed by atoms with van der Waals surface area (Å²) in [6.07, 6.45) is 3.58. The maximum atomic E-state index is 12.4. The number of esters is 1. The van der Waals surface area contributed by atoms with Gasteiger partial charge in [0, 0.05) is 19.5 Å². The Labute approximate surface area is 145 Å². The van der Waals surface area contributed by atoms with Gasteiger partial charge in [-0.1, -0.05) is 18.2 Å². The van der Waals surface area contributed by atoms with Crippen LogP contribution in [0.3, 0.4) is 0 Å². The molecule has 1 atom stereocenters. The lowest BCUT2D eigenvalue weighted by Crippen LogP contribution is -2.38. The Morgan fingerprint density at radius 1 is 1.16 bits per heavy atom. The smallest absolute Gasteiger partial charge is 0.339 e. The number of hydrogen-bond donors (Lipinski definition) is 1. The van der Waals surface area contributed by atoms with E-state index in [4.69, 9.17) is 4.74 Å². The van der Waals surface area contributed by atoms with Crippen molar-refractivity contribution in [1.82, 2.24) is 4.98 Å². The normalized spacial score (nSPS) is 19.3. The Balaban J connectivity index is 1.43. The summed E-state index contributed by atoms with van der Waals surface area (Å²) < 4.78 is 5.27. The highest BCUT2D eigenvalue weighted by Gasteiger charge is 2.31. The molecular formula is C19H19N3O3. The minimum absolute atomic E-state index is 0.335. The minimum atomic E-state index is -0.819. The number of hydrogen-bond acceptors (Lipinski definition) is 5. The Bertz CT molecular complexity index is 798. The second-order valence-corrected chi connectivity index (χ2v) is 6.34. The molecular weight excluding hydrogens is 318 g/mol. The van der Waals surface area contributed by atoms with Crippen molar-refractivity contribution in [2.75, 3.05) is 23.3 Å². The number of nitrogens with one attached hydrogen (secondary N) is 1. The van der Waals surface area contributed by atoms with Crippen LogP contribution in [0, 0.1) is 0 Å². The topological polar surface area (TPSA) is 71.5 Å². The molecule has 0 spiro atoms. The van der Waals surface area contributed by atoms with Gasteiger partial charge in [0.2, 0.25) is 0 Å². The van der Waals surface area contributed by atoms with Crippen LogP contribution in [0.15, 0.2) is 42.6 Å². The second-order valence-electron chi connectivity index (χ2n) is 6.34. The van der Waals surface area contributed by atoms with Gasteiger partial charge in [0.1, 0.15) is 5.82 Å². The number of amides is 1. The molecule has 4 rings (SSSR count). The van der Waals surface area contributed by atoms with E-state index in [-0.39, 0.29) is 5.91 Å². The van der Waals surface area contributed by atoms with Crippen LogP contribution in [0.1, 0.15) is 28.8 Å². The Hall–Kier alpha value is -2.89. The van der Waals surface area contributed by atoms with E-state index in [1.165, 1.54) is 12.8 Å². The molecule has 2 aliphatic rings. The molecule has 25 heavy (non-hydrogen) atoms. The molecule has 0 radical (unpaired) electrons. The standard InChI is InChI=1S/C19H19N3O3/c23-18(16-11-13-5-1-2-6-15(13)19(24)25-16)21-14-7-8-17(20-12-14)22-9-3-4-10-22/h1-2,5-8,12,16H,3-4,9-11H2,(H,21,23)/t16-/m1/s1. The zero-order valence-electron chi connectivity index (χ0n) is 13.8. The summed E-state index contributed by atoms with van der Waals surface area (Å²) in [6, 6.07) is 10.9. The molecule has 1 amide bonds. The Kier molecular flexibility index (Phi) is 4.09. The lowest BCUT2D eigenvalue weighted by Gasteiger charge is -2.23. The summed E-state index contributed by atoms with van der Waals surface area (Å²) in [5.74, 6) is 0.136. The van der Waals surface area contributed by atoms with Crippen molar-refractivity contribution >= 4 is 23.4 Å². The van der Waals surface area contributed by atoms with Crippen molar-refractivity contribution in [1.29, 1.82) is 0 Å². The van der Waals surface area contributed by atoms with Crippen LogP contribution in [0.4, 0.5) is 11.5 Å². The molecule has 1 aromatic carbocycles. The number of cyclic esters (lactones) is 1. The number of ether oxygens (including phenoxy) is 1. The van der Waals surface area contributed by atoms with Crippen molar-refractivity contribution in [3.8, 4) is 0 Å². The van der Waals surface area contributed by atoms with Crippen LogP contribution in [0.2, 0.25) is 0 Å². The SMILES string of the molecule is O=C1O[C@@H](C(=O)Nc2ccc(N3CCCC3)nc2)Cc2ccccc21. The molecule has 6 heteroatoms. The molecule has 1 saturated heterocycles. The zero-order valence-corrected chi connectivity index (χ0v) is 13.8. The van der Waals surface area contributed by atoms with Crippen molar-refractivity contribution in [3.63, 3.8) is 0 Å². The quantitative estimate of drug-likeness (QED) is 0.871. The van der Waals surface area contributed by atoms with Gasteiger partial charge in [-0.2, -0.15) is 0 Å². The number of carbonyl (C=O) groups is 2. The number of rotatable bonds is 3. The molecule has 3 heterocycles. The van der Waals surface area contributed by atoms with E-state index in [1.807, 2.05) is 24.3 Å². The maximum Gasteiger partial charge on any atom is 0.339 e. The third-order valence-corrected chi connectivity index (χ3v) is 4.63. The number of carbonyl (C=O) groups excluding carboxylic acids is 2. The van der Waals surface area contributed by atoms with Gasteiger partial charge in [0.15, 0.2) is 6.10 Å². The van der Waals surface area contributed by atoms with Gasteiger partial charge < -0.3 is 15.0 Å². The fourth-order valence-corrected chi connectivity index (χ4v) is 3.29. The van der Waals surface area contributed by atoms with Crippen LogP contribution in [-0.4, -0.2) is 36.1 Å². The molecule has 0 aliphatic carbocycles. The largest absolute Gasteiger partial charge is 0.448 e. The predicted molar refractivity (Wildman–Crippen MR) is 93.7 cm³/mol. The highest BCUT2D eigenvalue weighted by Crippen LogP contribution is 2.22. The van der Waals surface area contributed by atoms with Crippen LogP contribution >= 0.6 is 0 Å². The van der Waals surface area contributed by atoms with E-state index < -0.39 is 12.1 Å². The third kappa shape index (κ3) is 3.20. The highest BCUT2D eigenvalue weighted by atomic mass is 16.5. The minimum Gasteiger partial charge on any atom is -0.448 e. The van der Waals surface area contributed by atoms with Gasteiger partial charge in [0.25, 0.3) is 5.91 Å². The van der Waals surface area contributed by atoms with Crippen LogP contribution in [0.5, 0.6) is 0 Å². The van der Waals surface area contributed by atoms with Crippen LogP contribution in [-0.2, 0) is 16.0 Å². The Morgan fingerprint density at radius 3 is 2.72 bits per heavy atom. The van der Waals surface area contributed by atoms with Crippen molar-refractivity contribution in [2.24, 2.45) is 0 Å². The van der Waals surface area contributed by atoms with E-state index >= 15 is 0 Å². The number of pyridine rings is 1. The summed E-state index contributed by atoms with van der Waals surface area (Å²) in [7, 11) is 0. The molecule has 1 fully saturated rings. The molecule has 128 valence electrons. The molecule has 6 nitrogen and oxygen atoms in total. The number of nitrogens with zero attached hydrogens (tertiary/aromatic N) is 2. The lowest BCUT2D eigenvalue weighted by molar-refractivity contribution is -0.125. The summed E-state index contributed by atoms with van der Waals surface area (Å²) in [5, 5.41) is 2.78. The summed E-state index contributed by atoms with van der Waals surface area (Å²) in [5.41, 5.74) is 1.97. The van der Waals surface area contributed by atoms with E-state index in [1.54, 1.807) is 18.3 Å². The zero-order chi connectivity index (χ0) is 17.2. The van der Waals surface area contributed by atoms with Gasteiger partial charge in [-0.3, -0.25) is 4.79 Å². The van der Waals surface area contributed by atoms with Crippen molar-refractivity contribution in [2.45, 2.75) is 25.4 Å². The van der Waals surface area contributed by atoms with Gasteiger partial charge in [0.05, 0.1) is 17.4 Å². The number of anilines is 2. The van der Waals surface area contributed by atoms with Gasteiger partial charge >= 0.3 is 5.97 Å². The van der Waals surface area contributed by atoms with Gasteiger partial charge in [-0.15, -0.1) is 0 Å². The van der Waals surface area contributed by atoms with Crippen molar-refractivity contribution in [3.05, 3.63) is 53.7 Å². The number of fused-ring (bicyclic) bond motifs is 1. The third-order valence-electron chi connectivity index (χ3n) is 4.63. The molecule has 0 saturated carbocycles. The lowest BCUT2D eigenvalue weighted by atomic mass is 9.98. The predicted octanol–water partition coefficient (Wildman–Crippen LogP) is 2.40. The van der Waals surface area contributed by atoms with Crippen molar-refractivity contribution < 1.29 is 14.3 Å². The van der Waals surface area contributed by atoms with E-state index in [0.717, 1.165) is 24.5 Å². The fraction of sp³-hybridized carbons (Fsp3) is 0.316. The highest BCUT2D eigenvalue weighted by molar-refractivity contribution is 6.00. The van der Waals surface area contributed by atoms with Crippen LogP contribution in [0.25, 0.3) is 0 Å². The molecule has 2 aromatic rings. The average Bonchev–Trinajstić information content (AvgIpc) is 3.17. The summed E-state index contributed by atoms with van der Waals surface area (Å²) in [4.78, 5) is 31.1. The molecule has 1 N–H and O–H groups in total. The van der Waals surface area contributed by atoms with E-state index in [2.05, 4.69) is 15.2 Å². The monoisotopic (exact) mass is 337 g/mol. The second kappa shape index (κ2) is 6.55. The first-order valence-electron chi connectivity index (χ1n) is 8.51. The van der Waals surface area contributed by atoms with Gasteiger partial charge in [-0.05, 0) is 36.6 Å². The molecule has 1 aromatic heterocycles. The van der Waals surface area contributed by atoms with E-state index in [0.29, 0.717) is 17.7 Å². The molecule has 0 bridgehead atoms.